The van der Waals surface area contributed by atoms with Crippen molar-refractivity contribution in [3.8, 4) is 11.4 Å². The van der Waals surface area contributed by atoms with Gasteiger partial charge in [-0.2, -0.15) is 5.21 Å². The highest BCUT2D eigenvalue weighted by molar-refractivity contribution is 7.10. The first-order valence-electron chi connectivity index (χ1n) is 8.57. The summed E-state index contributed by atoms with van der Waals surface area (Å²) in [7, 11) is 0. The Morgan fingerprint density at radius 2 is 2.04 bits per heavy atom. The van der Waals surface area contributed by atoms with E-state index < -0.39 is 6.10 Å². The molecule has 3 aromatic rings. The molecular weight excluding hydrogens is 350 g/mol. The number of nitrogens with one attached hydrogen (secondary N) is 1. The molecule has 4 rings (SSSR count). The number of tetrazole rings is 1. The van der Waals surface area contributed by atoms with Crippen molar-refractivity contribution in [2.45, 2.75) is 18.9 Å². The number of aromatic amines is 1. The van der Waals surface area contributed by atoms with Gasteiger partial charge in [-0.1, -0.05) is 24.3 Å². The minimum absolute atomic E-state index is 0.0329. The third-order valence-corrected chi connectivity index (χ3v) is 5.79. The summed E-state index contributed by atoms with van der Waals surface area (Å²) in [6.07, 6.45) is 1.13. The molecule has 26 heavy (non-hydrogen) atoms. The number of amides is 1. The van der Waals surface area contributed by atoms with Crippen LogP contribution < -0.4 is 0 Å². The molecular formula is C18H19N5O2S. The summed E-state index contributed by atoms with van der Waals surface area (Å²) < 4.78 is 0. The summed E-state index contributed by atoms with van der Waals surface area (Å²) in [6.45, 7) is 1.26. The highest BCUT2D eigenvalue weighted by Crippen LogP contribution is 2.33. The van der Waals surface area contributed by atoms with Gasteiger partial charge < -0.3 is 10.0 Å². The van der Waals surface area contributed by atoms with E-state index in [1.165, 1.54) is 0 Å². The van der Waals surface area contributed by atoms with E-state index >= 15 is 0 Å². The van der Waals surface area contributed by atoms with Crippen LogP contribution in [-0.2, 0) is 0 Å². The number of aliphatic hydroxyl groups excluding tert-OH is 1. The molecule has 1 aliphatic rings. The molecule has 2 aromatic heterocycles. The van der Waals surface area contributed by atoms with E-state index in [1.807, 2.05) is 40.6 Å². The second kappa shape index (κ2) is 7.35. The Balaban J connectivity index is 1.46. The van der Waals surface area contributed by atoms with Crippen LogP contribution in [0.1, 0.15) is 34.2 Å². The highest BCUT2D eigenvalue weighted by Gasteiger charge is 2.30. The molecule has 0 radical (unpaired) electrons. The molecule has 1 aliphatic heterocycles. The standard InChI is InChI=1S/C18H19N5O2S/c24-16(15-6-3-11-26-15)12-7-9-23(10-8-12)18(25)14-5-2-1-4-13(14)17-19-21-22-20-17/h1-6,11-12,16,24H,7-10H2,(H,19,20,21,22). The van der Waals surface area contributed by atoms with Gasteiger partial charge in [0.1, 0.15) is 0 Å². The van der Waals surface area contributed by atoms with Crippen LogP contribution in [0.25, 0.3) is 11.4 Å². The van der Waals surface area contributed by atoms with Crippen molar-refractivity contribution in [3.05, 3.63) is 52.2 Å². The minimum Gasteiger partial charge on any atom is -0.387 e. The Morgan fingerprint density at radius 3 is 2.73 bits per heavy atom. The molecule has 134 valence electrons. The Kier molecular flexibility index (Phi) is 4.77. The maximum Gasteiger partial charge on any atom is 0.254 e. The van der Waals surface area contributed by atoms with Crippen molar-refractivity contribution in [2.24, 2.45) is 5.92 Å². The lowest BCUT2D eigenvalue weighted by molar-refractivity contribution is 0.0474. The molecule has 1 aromatic carbocycles. The lowest BCUT2D eigenvalue weighted by Crippen LogP contribution is -2.39. The van der Waals surface area contributed by atoms with Gasteiger partial charge in [0.2, 0.25) is 5.82 Å². The van der Waals surface area contributed by atoms with Gasteiger partial charge in [-0.15, -0.1) is 21.5 Å². The number of nitrogens with zero attached hydrogens (tertiary/aromatic N) is 4. The number of hydrogen-bond donors (Lipinski definition) is 2. The molecule has 1 atom stereocenters. The maximum atomic E-state index is 13.0. The molecule has 0 aliphatic carbocycles. The van der Waals surface area contributed by atoms with Gasteiger partial charge in [-0.05, 0) is 41.5 Å². The van der Waals surface area contributed by atoms with E-state index in [1.54, 1.807) is 17.4 Å². The fourth-order valence-electron chi connectivity index (χ4n) is 3.42. The summed E-state index contributed by atoms with van der Waals surface area (Å²) in [6, 6.07) is 11.2. The molecule has 0 bridgehead atoms. The van der Waals surface area contributed by atoms with Crippen molar-refractivity contribution in [1.82, 2.24) is 25.5 Å². The number of aromatic nitrogens is 4. The first-order valence-corrected chi connectivity index (χ1v) is 9.45. The zero-order valence-corrected chi connectivity index (χ0v) is 14.9. The number of piperidine rings is 1. The molecule has 0 saturated carbocycles. The Morgan fingerprint density at radius 1 is 1.23 bits per heavy atom. The largest absolute Gasteiger partial charge is 0.387 e. The number of rotatable bonds is 4. The summed E-state index contributed by atoms with van der Waals surface area (Å²) in [5, 5.41) is 26.5. The number of hydrogen-bond acceptors (Lipinski definition) is 6. The van der Waals surface area contributed by atoms with E-state index in [2.05, 4.69) is 20.6 Å². The van der Waals surface area contributed by atoms with Gasteiger partial charge in [0.15, 0.2) is 0 Å². The fourth-order valence-corrected chi connectivity index (χ4v) is 4.22. The monoisotopic (exact) mass is 369 g/mol. The molecule has 0 spiro atoms. The second-order valence-electron chi connectivity index (χ2n) is 6.37. The summed E-state index contributed by atoms with van der Waals surface area (Å²) in [5.41, 5.74) is 1.25. The van der Waals surface area contributed by atoms with Crippen molar-refractivity contribution >= 4 is 17.2 Å². The van der Waals surface area contributed by atoms with Crippen LogP contribution in [0.2, 0.25) is 0 Å². The van der Waals surface area contributed by atoms with E-state index in [-0.39, 0.29) is 11.8 Å². The zero-order chi connectivity index (χ0) is 17.9. The lowest BCUT2D eigenvalue weighted by Gasteiger charge is -2.34. The zero-order valence-electron chi connectivity index (χ0n) is 14.1. The van der Waals surface area contributed by atoms with Crippen LogP contribution in [0.3, 0.4) is 0 Å². The lowest BCUT2D eigenvalue weighted by atomic mass is 9.90. The highest BCUT2D eigenvalue weighted by atomic mass is 32.1. The SMILES string of the molecule is O=C(c1ccccc1-c1nn[nH]n1)N1CCC(C(O)c2cccs2)CC1. The van der Waals surface area contributed by atoms with E-state index in [9.17, 15) is 9.90 Å². The summed E-state index contributed by atoms with van der Waals surface area (Å²) in [4.78, 5) is 15.8. The second-order valence-corrected chi connectivity index (χ2v) is 7.35. The number of H-pyrrole nitrogens is 1. The number of carbonyl (C=O) groups is 1. The number of carbonyl (C=O) groups excluding carboxylic acids is 1. The minimum atomic E-state index is -0.445. The smallest absolute Gasteiger partial charge is 0.254 e. The van der Waals surface area contributed by atoms with Crippen LogP contribution >= 0.6 is 11.3 Å². The summed E-state index contributed by atoms with van der Waals surface area (Å²) in [5.74, 6) is 0.566. The average molecular weight is 369 g/mol. The molecule has 7 nitrogen and oxygen atoms in total. The van der Waals surface area contributed by atoms with Gasteiger partial charge in [-0.3, -0.25) is 4.79 Å². The Hall–Kier alpha value is -2.58. The van der Waals surface area contributed by atoms with E-state index in [0.717, 1.165) is 17.7 Å². The third kappa shape index (κ3) is 3.25. The van der Waals surface area contributed by atoms with Crippen molar-refractivity contribution in [3.63, 3.8) is 0 Å². The predicted octanol–water partition coefficient (Wildman–Crippen LogP) is 2.51. The van der Waals surface area contributed by atoms with E-state index in [4.69, 9.17) is 0 Å². The molecule has 3 heterocycles. The molecule has 1 unspecified atom stereocenters. The van der Waals surface area contributed by atoms with Crippen molar-refractivity contribution in [1.29, 1.82) is 0 Å². The fraction of sp³-hybridized carbons (Fsp3) is 0.333. The molecule has 1 saturated heterocycles. The van der Waals surface area contributed by atoms with Crippen LogP contribution in [0.15, 0.2) is 41.8 Å². The van der Waals surface area contributed by atoms with Crippen molar-refractivity contribution in [2.75, 3.05) is 13.1 Å². The average Bonchev–Trinajstić information content (AvgIpc) is 3.41. The maximum absolute atomic E-state index is 13.0. The third-order valence-electron chi connectivity index (χ3n) is 4.85. The number of aliphatic hydroxyl groups is 1. The first-order chi connectivity index (χ1) is 12.7. The van der Waals surface area contributed by atoms with Gasteiger partial charge in [0.25, 0.3) is 5.91 Å². The molecule has 2 N–H and O–H groups in total. The quantitative estimate of drug-likeness (QED) is 0.737. The van der Waals surface area contributed by atoms with Gasteiger partial charge in [0, 0.05) is 23.5 Å². The van der Waals surface area contributed by atoms with Crippen LogP contribution in [0, 0.1) is 5.92 Å². The van der Waals surface area contributed by atoms with Gasteiger partial charge >= 0.3 is 0 Å². The number of likely N-dealkylation sites (tertiary alicyclic amines) is 1. The molecule has 8 heteroatoms. The molecule has 1 fully saturated rings. The Bertz CT molecular complexity index is 858. The van der Waals surface area contributed by atoms with Gasteiger partial charge in [0.05, 0.1) is 11.7 Å². The summed E-state index contributed by atoms with van der Waals surface area (Å²) >= 11 is 1.58. The van der Waals surface area contributed by atoms with Gasteiger partial charge in [-0.25, -0.2) is 0 Å². The Labute approximate surface area is 154 Å². The van der Waals surface area contributed by atoms with Crippen molar-refractivity contribution < 1.29 is 9.90 Å². The van der Waals surface area contributed by atoms with E-state index in [0.29, 0.717) is 30.0 Å². The van der Waals surface area contributed by atoms with Crippen LogP contribution in [0.5, 0.6) is 0 Å². The molecule has 1 amide bonds. The first kappa shape index (κ1) is 16.9. The van der Waals surface area contributed by atoms with Crippen LogP contribution in [0.4, 0.5) is 0 Å². The topological polar surface area (TPSA) is 95.0 Å². The van der Waals surface area contributed by atoms with Crippen LogP contribution in [-0.4, -0.2) is 49.6 Å². The predicted molar refractivity (Wildman–Crippen MR) is 97.5 cm³/mol. The number of thiophene rings is 1. The normalized spacial score (nSPS) is 16.6. The number of benzene rings is 1.